The molecule has 1 aliphatic heterocycles. The van der Waals surface area contributed by atoms with E-state index in [9.17, 15) is 0 Å². The first-order chi connectivity index (χ1) is 11.2. The normalized spacial score (nSPS) is 17.4. The number of para-hydroxylation sites is 1. The fraction of sp³-hybridized carbons (Fsp3) is 0.611. The van der Waals surface area contributed by atoms with Crippen molar-refractivity contribution in [2.24, 2.45) is 16.6 Å². The number of anilines is 1. The van der Waals surface area contributed by atoms with E-state index in [1.807, 2.05) is 30.3 Å². The Morgan fingerprint density at radius 1 is 1.21 bits per heavy atom. The Labute approximate surface area is 163 Å². The van der Waals surface area contributed by atoms with Gasteiger partial charge in [-0.1, -0.05) is 44.9 Å². The topological polar surface area (TPSA) is 62.9 Å². The number of ether oxygens (including phenoxy) is 1. The van der Waals surface area contributed by atoms with Crippen LogP contribution in [0.15, 0.2) is 35.3 Å². The summed E-state index contributed by atoms with van der Waals surface area (Å²) in [4.78, 5) is 7.13. The number of rotatable bonds is 7. The van der Waals surface area contributed by atoms with Crippen LogP contribution in [-0.2, 0) is 4.74 Å². The molecule has 1 aromatic carbocycles. The molecule has 136 valence electrons. The summed E-state index contributed by atoms with van der Waals surface area (Å²) in [6, 6.07) is 10.4. The van der Waals surface area contributed by atoms with Crippen molar-refractivity contribution in [3.63, 3.8) is 0 Å². The highest BCUT2D eigenvalue weighted by Crippen LogP contribution is 2.20. The van der Waals surface area contributed by atoms with Crippen LogP contribution in [-0.4, -0.2) is 49.7 Å². The van der Waals surface area contributed by atoms with Gasteiger partial charge in [-0.3, -0.25) is 9.89 Å². The SMILES string of the molecule is CCC(CC)C(CN=C(N)Nc1ccccc1)N1CCOCC1.I. The highest BCUT2D eigenvalue weighted by Gasteiger charge is 2.26. The van der Waals surface area contributed by atoms with E-state index in [0.29, 0.717) is 17.9 Å². The van der Waals surface area contributed by atoms with Gasteiger partial charge in [0.1, 0.15) is 0 Å². The molecule has 24 heavy (non-hydrogen) atoms. The summed E-state index contributed by atoms with van der Waals surface area (Å²) in [5.41, 5.74) is 7.03. The molecule has 0 bridgehead atoms. The van der Waals surface area contributed by atoms with E-state index in [4.69, 9.17) is 10.5 Å². The van der Waals surface area contributed by atoms with Gasteiger partial charge in [-0.15, -0.1) is 24.0 Å². The molecule has 0 saturated carbocycles. The lowest BCUT2D eigenvalue weighted by atomic mass is 9.92. The first-order valence-corrected chi connectivity index (χ1v) is 8.68. The van der Waals surface area contributed by atoms with Crippen LogP contribution in [0.3, 0.4) is 0 Å². The molecule has 0 radical (unpaired) electrons. The number of nitrogens with two attached hydrogens (primary N) is 1. The maximum absolute atomic E-state index is 6.06. The van der Waals surface area contributed by atoms with Gasteiger partial charge in [-0.05, 0) is 18.1 Å². The average Bonchev–Trinajstić information content (AvgIpc) is 2.60. The van der Waals surface area contributed by atoms with Gasteiger partial charge >= 0.3 is 0 Å². The maximum Gasteiger partial charge on any atom is 0.193 e. The molecular weight excluding hydrogens is 415 g/mol. The molecule has 1 atom stereocenters. The predicted molar refractivity (Wildman–Crippen MR) is 112 cm³/mol. The molecule has 0 spiro atoms. The lowest BCUT2D eigenvalue weighted by molar-refractivity contribution is 0.00398. The summed E-state index contributed by atoms with van der Waals surface area (Å²) in [7, 11) is 0. The number of halogens is 1. The van der Waals surface area contributed by atoms with Gasteiger partial charge in [0.2, 0.25) is 0 Å². The zero-order valence-corrected chi connectivity index (χ0v) is 17.1. The fourth-order valence-electron chi connectivity index (χ4n) is 3.21. The first-order valence-electron chi connectivity index (χ1n) is 8.68. The number of benzene rings is 1. The molecule has 3 N–H and O–H groups in total. The third kappa shape index (κ3) is 6.57. The molecule has 1 aliphatic rings. The molecule has 0 amide bonds. The summed E-state index contributed by atoms with van der Waals surface area (Å²) in [6.45, 7) is 8.87. The van der Waals surface area contributed by atoms with Crippen LogP contribution in [0.1, 0.15) is 26.7 Å². The first kappa shape index (κ1) is 21.2. The van der Waals surface area contributed by atoms with E-state index in [0.717, 1.165) is 38.5 Å². The number of nitrogens with one attached hydrogen (secondary N) is 1. The third-order valence-electron chi connectivity index (χ3n) is 4.60. The van der Waals surface area contributed by atoms with E-state index >= 15 is 0 Å². The monoisotopic (exact) mass is 446 g/mol. The number of hydrogen-bond donors (Lipinski definition) is 2. The standard InChI is InChI=1S/C18H30N4O.HI/c1-3-15(4-2)17(22-10-12-23-13-11-22)14-20-18(19)21-16-8-6-5-7-9-16;/h5-9,15,17H,3-4,10-14H2,1-2H3,(H3,19,20,21);1H. The van der Waals surface area contributed by atoms with Crippen molar-refractivity contribution < 1.29 is 4.74 Å². The van der Waals surface area contributed by atoms with Crippen LogP contribution < -0.4 is 11.1 Å². The van der Waals surface area contributed by atoms with Crippen LogP contribution in [0, 0.1) is 5.92 Å². The Kier molecular flexibility index (Phi) is 10.3. The van der Waals surface area contributed by atoms with Crippen LogP contribution in [0.5, 0.6) is 0 Å². The summed E-state index contributed by atoms with van der Waals surface area (Å²) < 4.78 is 5.49. The van der Waals surface area contributed by atoms with Crippen molar-refractivity contribution in [1.82, 2.24) is 4.90 Å². The molecule has 6 heteroatoms. The van der Waals surface area contributed by atoms with Crippen molar-refractivity contribution in [1.29, 1.82) is 0 Å². The largest absolute Gasteiger partial charge is 0.379 e. The minimum absolute atomic E-state index is 0. The van der Waals surface area contributed by atoms with E-state index in [1.54, 1.807) is 0 Å². The van der Waals surface area contributed by atoms with Gasteiger partial charge in [0.25, 0.3) is 0 Å². The minimum Gasteiger partial charge on any atom is -0.379 e. The average molecular weight is 446 g/mol. The number of guanidine groups is 1. The molecule has 5 nitrogen and oxygen atoms in total. The zero-order valence-electron chi connectivity index (χ0n) is 14.8. The van der Waals surface area contributed by atoms with Gasteiger partial charge in [-0.25, -0.2) is 0 Å². The lowest BCUT2D eigenvalue weighted by Crippen LogP contribution is -2.48. The van der Waals surface area contributed by atoms with Gasteiger partial charge < -0.3 is 15.8 Å². The van der Waals surface area contributed by atoms with Crippen LogP contribution in [0.2, 0.25) is 0 Å². The zero-order chi connectivity index (χ0) is 16.5. The van der Waals surface area contributed by atoms with E-state index < -0.39 is 0 Å². The number of nitrogens with zero attached hydrogens (tertiary/aromatic N) is 2. The fourth-order valence-corrected chi connectivity index (χ4v) is 3.21. The lowest BCUT2D eigenvalue weighted by Gasteiger charge is -2.38. The second kappa shape index (κ2) is 11.7. The number of morpholine rings is 1. The molecule has 1 fully saturated rings. The van der Waals surface area contributed by atoms with E-state index in [2.05, 4.69) is 29.1 Å². The number of aliphatic imine (C=N–C) groups is 1. The van der Waals surface area contributed by atoms with Crippen molar-refractivity contribution in [2.45, 2.75) is 32.7 Å². The predicted octanol–water partition coefficient (Wildman–Crippen LogP) is 3.17. The highest BCUT2D eigenvalue weighted by atomic mass is 127. The quantitative estimate of drug-likeness (QED) is 0.384. The van der Waals surface area contributed by atoms with Crippen molar-refractivity contribution in [3.8, 4) is 0 Å². The molecule has 0 aliphatic carbocycles. The molecule has 2 rings (SSSR count). The van der Waals surface area contributed by atoms with Gasteiger partial charge in [-0.2, -0.15) is 0 Å². The summed E-state index contributed by atoms with van der Waals surface area (Å²) in [5, 5.41) is 3.16. The summed E-state index contributed by atoms with van der Waals surface area (Å²) in [6.07, 6.45) is 2.33. The maximum atomic E-state index is 6.06. The molecule has 1 saturated heterocycles. The highest BCUT2D eigenvalue weighted by molar-refractivity contribution is 14.0. The van der Waals surface area contributed by atoms with Crippen molar-refractivity contribution in [2.75, 3.05) is 38.2 Å². The van der Waals surface area contributed by atoms with Crippen molar-refractivity contribution in [3.05, 3.63) is 30.3 Å². The minimum atomic E-state index is 0. The Balaban J connectivity index is 0.00000288. The second-order valence-corrected chi connectivity index (χ2v) is 6.01. The Hall–Kier alpha value is -0.860. The molecule has 1 aromatic rings. The molecule has 0 aromatic heterocycles. The van der Waals surface area contributed by atoms with E-state index in [-0.39, 0.29) is 24.0 Å². The Bertz CT molecular complexity index is 473. The third-order valence-corrected chi connectivity index (χ3v) is 4.60. The van der Waals surface area contributed by atoms with Crippen LogP contribution >= 0.6 is 24.0 Å². The van der Waals surface area contributed by atoms with Crippen LogP contribution in [0.25, 0.3) is 0 Å². The molecular formula is C18H31IN4O. The Morgan fingerprint density at radius 2 is 1.83 bits per heavy atom. The second-order valence-electron chi connectivity index (χ2n) is 6.01. The van der Waals surface area contributed by atoms with Gasteiger partial charge in [0, 0.05) is 24.8 Å². The van der Waals surface area contributed by atoms with Gasteiger partial charge in [0.05, 0.1) is 19.8 Å². The molecule has 1 heterocycles. The van der Waals surface area contributed by atoms with E-state index in [1.165, 1.54) is 12.8 Å². The summed E-state index contributed by atoms with van der Waals surface area (Å²) >= 11 is 0. The van der Waals surface area contributed by atoms with Gasteiger partial charge in [0.15, 0.2) is 5.96 Å². The smallest absolute Gasteiger partial charge is 0.193 e. The van der Waals surface area contributed by atoms with Crippen LogP contribution in [0.4, 0.5) is 5.69 Å². The summed E-state index contributed by atoms with van der Waals surface area (Å²) in [5.74, 6) is 1.13. The Morgan fingerprint density at radius 3 is 2.42 bits per heavy atom. The number of hydrogen-bond acceptors (Lipinski definition) is 3. The molecule has 1 unspecified atom stereocenters. The van der Waals surface area contributed by atoms with Crippen molar-refractivity contribution >= 4 is 35.6 Å².